The smallest absolute Gasteiger partial charge is 0.407 e. The summed E-state index contributed by atoms with van der Waals surface area (Å²) < 4.78 is 67.7. The van der Waals surface area contributed by atoms with E-state index >= 15 is 4.39 Å². The Balaban J connectivity index is 0.557. The molecule has 0 unspecified atom stereocenters. The van der Waals surface area contributed by atoms with Gasteiger partial charge < -0.3 is 106 Å². The molecule has 0 fully saturated rings. The van der Waals surface area contributed by atoms with E-state index in [1.165, 1.54) is 10.6 Å². The van der Waals surface area contributed by atoms with Crippen molar-refractivity contribution in [3.8, 4) is 11.4 Å². The quantitative estimate of drug-likeness (QED) is 0.0176. The third kappa shape index (κ3) is 22.0. The fourth-order valence-corrected chi connectivity index (χ4v) is 14.8. The Bertz CT molecular complexity index is 4640. The number of carbonyl (C=O) groups is 8. The zero-order chi connectivity index (χ0) is 83.1. The minimum absolute atomic E-state index is 0.0136. The molecular formula is C83H107FN14O19. The largest absolute Gasteiger partial charge is 0.458 e. The van der Waals surface area contributed by atoms with Crippen LogP contribution in [-0.2, 0) is 110 Å². The Morgan fingerprint density at radius 1 is 0.718 bits per heavy atom. The molecule has 117 heavy (non-hydrogen) atoms. The second-order valence-corrected chi connectivity index (χ2v) is 29.6. The highest BCUT2D eigenvalue weighted by atomic mass is 19.1. The average Bonchev–Trinajstić information content (AvgIpc) is 1.58. The van der Waals surface area contributed by atoms with E-state index < -0.39 is 82.8 Å². The summed E-state index contributed by atoms with van der Waals surface area (Å²) in [5.74, 6) is -4.53. The Kier molecular flexibility index (Phi) is 31.4. The number of esters is 1. The number of urea groups is 1. The molecule has 2 aromatic heterocycles. The van der Waals surface area contributed by atoms with Gasteiger partial charge in [0.2, 0.25) is 29.5 Å². The molecule has 4 aliphatic heterocycles. The molecule has 8 amide bonds. The third-order valence-corrected chi connectivity index (χ3v) is 21.0. The summed E-state index contributed by atoms with van der Waals surface area (Å²) in [6.07, 6.45) is 0.212. The molecule has 34 heteroatoms. The number of nitrogens with two attached hydrogens (primary N) is 1. The van der Waals surface area contributed by atoms with Crippen LogP contribution in [0.2, 0.25) is 0 Å². The van der Waals surface area contributed by atoms with Crippen LogP contribution in [0.25, 0.3) is 33.7 Å². The summed E-state index contributed by atoms with van der Waals surface area (Å²) in [4.78, 5) is 127. The van der Waals surface area contributed by atoms with Gasteiger partial charge in [-0.05, 0) is 104 Å². The van der Waals surface area contributed by atoms with Gasteiger partial charge in [-0.2, -0.15) is 0 Å². The summed E-state index contributed by atoms with van der Waals surface area (Å²) in [7, 11) is 1.88. The average molecular weight is 1620 g/mol. The molecule has 0 radical (unpaired) electrons. The summed E-state index contributed by atoms with van der Waals surface area (Å²) in [6, 6.07) is 21.5. The molecule has 12 N–H and O–H groups in total. The number of cyclic esters (lactones) is 1. The van der Waals surface area contributed by atoms with Crippen molar-refractivity contribution in [2.75, 3.05) is 136 Å². The van der Waals surface area contributed by atoms with Crippen LogP contribution in [0.3, 0.4) is 0 Å². The number of halogens is 1. The summed E-state index contributed by atoms with van der Waals surface area (Å²) >= 11 is 0. The molecule has 11 rings (SSSR count). The van der Waals surface area contributed by atoms with Crippen LogP contribution in [0, 0.1) is 24.6 Å². The van der Waals surface area contributed by atoms with E-state index in [-0.39, 0.29) is 141 Å². The minimum Gasteiger partial charge on any atom is -0.458 e. The number of carbonyl (C=O) groups excluding carboxylic acids is 8. The topological polar surface area (TPSA) is 416 Å². The standard InChI is InChI=1S/C83H107FN14O19/c1-50(2)73(93-69(100)25-30-109-34-38-113-42-43-115-40-36-111-32-28-87-68(99)23-24-70(101)96-46-54-12-7-8-13-57(54)75-76(58-14-9-10-16-66(58)96)98(95-94-75)29-33-112-37-41-114-39-35-110-31-27-86-6)78(103)91-64(15-11-26-88-81(85)106)77(102)89-55-19-17-53(18-20-55)48-117-82(107)92-63-22-21-56-52(5)62(84)45-65-71(56)72(63)59-47-97-67(74(59)90-65)44-61-60(79(97)104)49-116-80(105)83(61,108)51(3)4/h7-10,12-14,16-20,44-45,50-51,63-64,73,86,94-95,108H,11,15,21-43,46-49H2,1-6H3,(H,87,99)(H,89,102)(H,91,103)(H,92,107)(H,93,100)(H3,85,88,106)/t63-,64-,73-,83-/m0/s1. The van der Waals surface area contributed by atoms with Gasteiger partial charge in [0.05, 0.1) is 158 Å². The van der Waals surface area contributed by atoms with Crippen molar-refractivity contribution in [1.82, 2.24) is 57.4 Å². The molecule has 0 saturated carbocycles. The number of anilines is 2. The van der Waals surface area contributed by atoms with Crippen molar-refractivity contribution in [2.24, 2.45) is 17.6 Å². The maximum atomic E-state index is 15.6. The van der Waals surface area contributed by atoms with E-state index in [0.717, 1.165) is 45.9 Å². The molecule has 1 aliphatic carbocycles. The third-order valence-electron chi connectivity index (χ3n) is 21.0. The zero-order valence-corrected chi connectivity index (χ0v) is 67.0. The molecule has 6 heterocycles. The van der Waals surface area contributed by atoms with Crippen molar-refractivity contribution >= 4 is 81.3 Å². The van der Waals surface area contributed by atoms with E-state index in [1.54, 1.807) is 69.9 Å². The van der Waals surface area contributed by atoms with Gasteiger partial charge in [-0.1, -0.05) is 82.3 Å². The number of nitrogens with zero attached hydrogens (tertiary/aromatic N) is 4. The van der Waals surface area contributed by atoms with Crippen molar-refractivity contribution in [1.29, 1.82) is 0 Å². The van der Waals surface area contributed by atoms with Crippen LogP contribution in [0.1, 0.15) is 128 Å². The molecule has 0 spiro atoms. The summed E-state index contributed by atoms with van der Waals surface area (Å²) in [5.41, 5.74) is 19.2. The first kappa shape index (κ1) is 87.3. The van der Waals surface area contributed by atoms with Crippen molar-refractivity contribution in [3.63, 3.8) is 0 Å². The fraction of sp³-hybridized carbons (Fsp3) is 0.494. The van der Waals surface area contributed by atoms with E-state index in [9.17, 15) is 48.3 Å². The number of aliphatic hydroxyl groups is 1. The highest BCUT2D eigenvalue weighted by Gasteiger charge is 2.50. The lowest BCUT2D eigenvalue weighted by atomic mass is 9.79. The second-order valence-electron chi connectivity index (χ2n) is 29.6. The van der Waals surface area contributed by atoms with Crippen molar-refractivity contribution in [3.05, 3.63) is 157 Å². The van der Waals surface area contributed by atoms with E-state index in [4.69, 9.17) is 53.3 Å². The molecule has 630 valence electrons. The number of aromatic nitrogens is 2. The maximum Gasteiger partial charge on any atom is 0.407 e. The van der Waals surface area contributed by atoms with Crippen molar-refractivity contribution < 1.29 is 90.5 Å². The number of hydrogen-bond donors (Lipinski definition) is 11. The SMILES string of the molecule is CNCCOCCOCCOCCN1NNC2=C1c1ccccc1N(C(=O)CCC(=O)NCCOCCOCCOCCOCCC(=O)N[C@H](C(=O)N[C@@H](CCCNC(N)=O)C(=O)Nc1ccc(COC(=O)N[C@H]3CCc4c(C)c(F)cc5nc6c(c3c45)Cn3c-6cc4c(c3=O)COC(=O)[C@]4(O)C(C)C)cc1)C(C)C)Cc1ccccc12. The Morgan fingerprint density at radius 2 is 1.38 bits per heavy atom. The number of hydrazine groups is 2. The van der Waals surface area contributed by atoms with Gasteiger partial charge in [0, 0.05) is 78.3 Å². The number of fused-ring (bicyclic) bond motifs is 9. The monoisotopic (exact) mass is 1620 g/mol. The molecule has 0 saturated heterocycles. The van der Waals surface area contributed by atoms with Crippen molar-refractivity contribution in [2.45, 2.75) is 130 Å². The number of pyridine rings is 2. The molecule has 6 aromatic rings. The minimum atomic E-state index is -2.10. The van der Waals surface area contributed by atoms with Crippen LogP contribution >= 0.6 is 0 Å². The second kappa shape index (κ2) is 42.0. The van der Waals surface area contributed by atoms with Gasteiger partial charge in [0.25, 0.3) is 5.56 Å². The Hall–Kier alpha value is -10.5. The Morgan fingerprint density at radius 3 is 2.06 bits per heavy atom. The number of likely N-dealkylation sites (N-methyl/N-ethyl adjacent to an activating group) is 1. The van der Waals surface area contributed by atoms with Crippen LogP contribution in [0.5, 0.6) is 0 Å². The van der Waals surface area contributed by atoms with Gasteiger partial charge in [0.15, 0.2) is 5.60 Å². The first-order valence-electron chi connectivity index (χ1n) is 39.8. The first-order chi connectivity index (χ1) is 56.5. The van der Waals surface area contributed by atoms with Crippen LogP contribution < -0.4 is 64.4 Å². The molecule has 33 nitrogen and oxygen atoms in total. The molecule has 4 aromatic carbocycles. The molecule has 5 aliphatic rings. The zero-order valence-electron chi connectivity index (χ0n) is 67.0. The number of aryl methyl sites for hydroxylation is 1. The van der Waals surface area contributed by atoms with Gasteiger partial charge in [-0.3, -0.25) is 33.8 Å². The number of hydrogen-bond acceptors (Lipinski definition) is 24. The number of ether oxygens (including phenoxy) is 9. The van der Waals surface area contributed by atoms with E-state index in [1.807, 2.05) is 60.6 Å². The normalized spacial score (nSPS) is 16.2. The maximum absolute atomic E-state index is 15.6. The summed E-state index contributed by atoms with van der Waals surface area (Å²) in [6.45, 7) is 14.6. The predicted molar refractivity (Wildman–Crippen MR) is 429 cm³/mol. The number of primary amides is 1. The lowest BCUT2D eigenvalue weighted by Gasteiger charge is -2.35. The van der Waals surface area contributed by atoms with Crippen LogP contribution in [-0.4, -0.2) is 205 Å². The van der Waals surface area contributed by atoms with Gasteiger partial charge in [0.1, 0.15) is 31.1 Å². The number of nitrogens with one attached hydrogen (secondary N) is 9. The number of amides is 8. The number of benzene rings is 4. The van der Waals surface area contributed by atoms with Crippen LogP contribution in [0.4, 0.5) is 25.4 Å². The first-order valence-corrected chi connectivity index (χ1v) is 39.8. The summed E-state index contributed by atoms with van der Waals surface area (Å²) in [5, 5.41) is 34.1. The lowest BCUT2D eigenvalue weighted by Crippen LogP contribution is -2.54. The van der Waals surface area contributed by atoms with Gasteiger partial charge in [-0.25, -0.2) is 23.8 Å². The van der Waals surface area contributed by atoms with Crippen LogP contribution in [0.15, 0.2) is 89.7 Å². The number of rotatable bonds is 44. The van der Waals surface area contributed by atoms with Gasteiger partial charge in [-0.15, -0.1) is 5.53 Å². The highest BCUT2D eigenvalue weighted by molar-refractivity contribution is 6.03. The lowest BCUT2D eigenvalue weighted by molar-refractivity contribution is -0.177. The fourth-order valence-electron chi connectivity index (χ4n) is 14.8. The predicted octanol–water partition coefficient (Wildman–Crippen LogP) is 5.02. The molecular weight excluding hydrogens is 1520 g/mol. The Labute approximate surface area is 677 Å². The van der Waals surface area contributed by atoms with Gasteiger partial charge >= 0.3 is 18.1 Å². The number of alkyl carbamates (subject to hydrolysis) is 1. The van der Waals surface area contributed by atoms with E-state index in [0.29, 0.717) is 116 Å². The van der Waals surface area contributed by atoms with E-state index in [2.05, 4.69) is 48.2 Å². The molecule has 0 bridgehead atoms. The molecule has 4 atom stereocenters. The number of para-hydroxylation sites is 1. The highest BCUT2D eigenvalue weighted by Crippen LogP contribution is 2.47.